The molecule has 16 heavy (non-hydrogen) atoms. The molecule has 0 amide bonds. The van der Waals surface area contributed by atoms with Crippen LogP contribution < -0.4 is 11.3 Å². The van der Waals surface area contributed by atoms with Gasteiger partial charge in [-0.3, -0.25) is 11.3 Å². The molecule has 0 saturated heterocycles. The zero-order valence-electron chi connectivity index (χ0n) is 9.75. The molecular formula is C12H20ClN3. The van der Waals surface area contributed by atoms with Gasteiger partial charge in [-0.15, -0.1) is 0 Å². The van der Waals surface area contributed by atoms with Crippen LogP contribution in [0.5, 0.6) is 0 Å². The average Bonchev–Trinajstić information content (AvgIpc) is 2.29. The Labute approximate surface area is 102 Å². The zero-order valence-corrected chi connectivity index (χ0v) is 10.5. The first-order valence-corrected chi connectivity index (χ1v) is 6.23. The minimum Gasteiger partial charge on any atom is -0.271 e. The van der Waals surface area contributed by atoms with Crippen molar-refractivity contribution >= 4 is 11.6 Å². The maximum absolute atomic E-state index is 5.85. The molecule has 0 bridgehead atoms. The quantitative estimate of drug-likeness (QED) is 0.334. The summed E-state index contributed by atoms with van der Waals surface area (Å²) in [6.07, 6.45) is 7.73. The number of hydrogen-bond donors (Lipinski definition) is 2. The monoisotopic (exact) mass is 241 g/mol. The maximum atomic E-state index is 5.85. The predicted octanol–water partition coefficient (Wildman–Crippen LogP) is 3.21. The molecule has 0 spiro atoms. The highest BCUT2D eigenvalue weighted by molar-refractivity contribution is 6.29. The van der Waals surface area contributed by atoms with E-state index in [1.807, 2.05) is 12.1 Å². The van der Waals surface area contributed by atoms with Crippen molar-refractivity contribution in [1.82, 2.24) is 10.4 Å². The number of halogens is 1. The van der Waals surface area contributed by atoms with Crippen LogP contribution >= 0.6 is 11.6 Å². The van der Waals surface area contributed by atoms with E-state index in [0.717, 1.165) is 12.0 Å². The van der Waals surface area contributed by atoms with Crippen LogP contribution in [0.15, 0.2) is 18.3 Å². The molecule has 3 nitrogen and oxygen atoms in total. The molecule has 3 N–H and O–H groups in total. The summed E-state index contributed by atoms with van der Waals surface area (Å²) in [5, 5.41) is 0.520. The van der Waals surface area contributed by atoms with Gasteiger partial charge in [-0.2, -0.15) is 0 Å². The number of pyridine rings is 1. The van der Waals surface area contributed by atoms with Crippen molar-refractivity contribution in [2.45, 2.75) is 45.1 Å². The minimum absolute atomic E-state index is 0.178. The molecule has 0 aliphatic heterocycles. The predicted molar refractivity (Wildman–Crippen MR) is 68.1 cm³/mol. The van der Waals surface area contributed by atoms with Gasteiger partial charge < -0.3 is 0 Å². The van der Waals surface area contributed by atoms with Crippen molar-refractivity contribution < 1.29 is 0 Å². The molecule has 1 heterocycles. The van der Waals surface area contributed by atoms with Crippen LogP contribution in [0.3, 0.4) is 0 Å². The third-order valence-corrected chi connectivity index (χ3v) is 2.91. The summed E-state index contributed by atoms with van der Waals surface area (Å²) in [7, 11) is 0. The smallest absolute Gasteiger partial charge is 0.129 e. The summed E-state index contributed by atoms with van der Waals surface area (Å²) in [4.78, 5) is 3.96. The Balaban J connectivity index is 2.47. The number of aromatic nitrogens is 1. The molecule has 1 atom stereocenters. The number of nitrogens with zero attached hydrogens (tertiary/aromatic N) is 1. The maximum Gasteiger partial charge on any atom is 0.129 e. The summed E-state index contributed by atoms with van der Waals surface area (Å²) < 4.78 is 0. The fraction of sp³-hybridized carbons (Fsp3) is 0.583. The Kier molecular flexibility index (Phi) is 6.38. The van der Waals surface area contributed by atoms with Crippen LogP contribution in [0.25, 0.3) is 0 Å². The summed E-state index contributed by atoms with van der Waals surface area (Å²) in [6, 6.07) is 4.00. The summed E-state index contributed by atoms with van der Waals surface area (Å²) in [5.41, 5.74) is 3.95. The number of nitrogens with one attached hydrogen (secondary N) is 1. The Hall–Kier alpha value is -0.640. The van der Waals surface area contributed by atoms with E-state index in [1.54, 1.807) is 6.20 Å². The fourth-order valence-electron chi connectivity index (χ4n) is 1.76. The van der Waals surface area contributed by atoms with Gasteiger partial charge in [0, 0.05) is 12.2 Å². The van der Waals surface area contributed by atoms with Crippen molar-refractivity contribution in [2.24, 2.45) is 5.84 Å². The van der Waals surface area contributed by atoms with Gasteiger partial charge in [0.15, 0.2) is 0 Å². The first kappa shape index (κ1) is 13.4. The van der Waals surface area contributed by atoms with Gasteiger partial charge in [-0.25, -0.2) is 4.98 Å². The van der Waals surface area contributed by atoms with E-state index < -0.39 is 0 Å². The van der Waals surface area contributed by atoms with E-state index in [0.29, 0.717) is 5.15 Å². The highest BCUT2D eigenvalue weighted by Crippen LogP contribution is 2.20. The first-order chi connectivity index (χ1) is 7.77. The Morgan fingerprint density at radius 2 is 2.25 bits per heavy atom. The molecule has 1 rings (SSSR count). The summed E-state index contributed by atoms with van der Waals surface area (Å²) in [6.45, 7) is 2.21. The zero-order chi connectivity index (χ0) is 11.8. The third kappa shape index (κ3) is 4.47. The molecule has 90 valence electrons. The van der Waals surface area contributed by atoms with Crippen LogP contribution in [-0.2, 0) is 0 Å². The van der Waals surface area contributed by atoms with Crippen LogP contribution in [0.1, 0.15) is 50.6 Å². The van der Waals surface area contributed by atoms with Crippen LogP contribution in [-0.4, -0.2) is 4.98 Å². The lowest BCUT2D eigenvalue weighted by atomic mass is 10.0. The molecule has 1 unspecified atom stereocenters. The lowest BCUT2D eigenvalue weighted by Crippen LogP contribution is -2.28. The van der Waals surface area contributed by atoms with Gasteiger partial charge in [-0.1, -0.05) is 44.2 Å². The second-order valence-corrected chi connectivity index (χ2v) is 4.37. The molecular weight excluding hydrogens is 222 g/mol. The third-order valence-electron chi connectivity index (χ3n) is 2.70. The van der Waals surface area contributed by atoms with Gasteiger partial charge >= 0.3 is 0 Å². The molecule has 1 aromatic rings. The largest absolute Gasteiger partial charge is 0.271 e. The van der Waals surface area contributed by atoms with Gasteiger partial charge in [-0.05, 0) is 24.1 Å². The van der Waals surface area contributed by atoms with E-state index in [9.17, 15) is 0 Å². The Morgan fingerprint density at radius 3 is 2.88 bits per heavy atom. The number of hydrogen-bond acceptors (Lipinski definition) is 3. The van der Waals surface area contributed by atoms with Crippen molar-refractivity contribution in [1.29, 1.82) is 0 Å². The summed E-state index contributed by atoms with van der Waals surface area (Å²) >= 11 is 5.85. The second kappa shape index (κ2) is 7.60. The second-order valence-electron chi connectivity index (χ2n) is 3.98. The molecule has 0 saturated carbocycles. The normalized spacial score (nSPS) is 12.7. The molecule has 0 fully saturated rings. The number of rotatable bonds is 7. The highest BCUT2D eigenvalue weighted by atomic mass is 35.5. The lowest BCUT2D eigenvalue weighted by Gasteiger charge is -2.16. The first-order valence-electron chi connectivity index (χ1n) is 5.85. The van der Waals surface area contributed by atoms with Crippen LogP contribution in [0.2, 0.25) is 5.15 Å². The average molecular weight is 242 g/mol. The van der Waals surface area contributed by atoms with E-state index in [4.69, 9.17) is 17.4 Å². The van der Waals surface area contributed by atoms with Gasteiger partial charge in [0.05, 0.1) is 0 Å². The molecule has 0 radical (unpaired) electrons. The summed E-state index contributed by atoms with van der Waals surface area (Å²) in [5.74, 6) is 5.56. The topological polar surface area (TPSA) is 50.9 Å². The number of nitrogens with two attached hydrogens (primary N) is 1. The van der Waals surface area contributed by atoms with E-state index in [-0.39, 0.29) is 6.04 Å². The molecule has 1 aromatic heterocycles. The van der Waals surface area contributed by atoms with E-state index in [1.165, 1.54) is 25.7 Å². The Morgan fingerprint density at radius 1 is 1.44 bits per heavy atom. The van der Waals surface area contributed by atoms with Gasteiger partial charge in [0.1, 0.15) is 5.15 Å². The van der Waals surface area contributed by atoms with Crippen LogP contribution in [0.4, 0.5) is 0 Å². The molecule has 0 aromatic carbocycles. The van der Waals surface area contributed by atoms with Crippen LogP contribution in [0, 0.1) is 0 Å². The molecule has 0 aliphatic rings. The molecule has 4 heteroatoms. The lowest BCUT2D eigenvalue weighted by molar-refractivity contribution is 0.481. The minimum atomic E-state index is 0.178. The highest BCUT2D eigenvalue weighted by Gasteiger charge is 2.09. The van der Waals surface area contributed by atoms with Crippen molar-refractivity contribution in [3.63, 3.8) is 0 Å². The van der Waals surface area contributed by atoms with Gasteiger partial charge in [0.25, 0.3) is 0 Å². The number of unbranched alkanes of at least 4 members (excludes halogenated alkanes) is 3. The van der Waals surface area contributed by atoms with Crippen molar-refractivity contribution in [2.75, 3.05) is 0 Å². The van der Waals surface area contributed by atoms with Crippen molar-refractivity contribution in [3.8, 4) is 0 Å². The van der Waals surface area contributed by atoms with E-state index in [2.05, 4.69) is 17.3 Å². The SMILES string of the molecule is CCCCCCC(NN)c1ccnc(Cl)c1. The fourth-order valence-corrected chi connectivity index (χ4v) is 1.94. The molecule has 0 aliphatic carbocycles. The standard InChI is InChI=1S/C12H20ClN3/c1-2-3-4-5-6-11(16-14)10-7-8-15-12(13)9-10/h7-9,11,16H,2-6,14H2,1H3. The van der Waals surface area contributed by atoms with Crippen molar-refractivity contribution in [3.05, 3.63) is 29.0 Å². The number of hydrazine groups is 1. The van der Waals surface area contributed by atoms with E-state index >= 15 is 0 Å². The Bertz CT molecular complexity index is 304. The van der Waals surface area contributed by atoms with Gasteiger partial charge in [0.2, 0.25) is 0 Å².